The van der Waals surface area contributed by atoms with E-state index in [0.29, 0.717) is 17.1 Å². The van der Waals surface area contributed by atoms with Gasteiger partial charge in [-0.05, 0) is 32.2 Å². The number of aryl methyl sites for hydroxylation is 1. The highest BCUT2D eigenvalue weighted by Gasteiger charge is 2.20. The van der Waals surface area contributed by atoms with Crippen LogP contribution in [0.15, 0.2) is 0 Å². The standard InChI is InChI=1S/C10H14N2O2S/c1-6-9(10(13)14)15-8(12-6)5-11-4-7-2-3-7/h7,11H,2-5H2,1H3,(H,13,14). The van der Waals surface area contributed by atoms with Gasteiger partial charge in [-0.1, -0.05) is 0 Å². The summed E-state index contributed by atoms with van der Waals surface area (Å²) in [5.41, 5.74) is 0.621. The van der Waals surface area contributed by atoms with E-state index in [1.165, 1.54) is 24.2 Å². The van der Waals surface area contributed by atoms with Crippen molar-refractivity contribution in [2.75, 3.05) is 6.54 Å². The van der Waals surface area contributed by atoms with E-state index >= 15 is 0 Å². The first-order valence-corrected chi connectivity index (χ1v) is 5.89. The van der Waals surface area contributed by atoms with E-state index in [1.807, 2.05) is 0 Å². The summed E-state index contributed by atoms with van der Waals surface area (Å²) in [4.78, 5) is 15.4. The molecule has 1 aliphatic rings. The summed E-state index contributed by atoms with van der Waals surface area (Å²) < 4.78 is 0. The van der Waals surface area contributed by atoms with Gasteiger partial charge in [-0.2, -0.15) is 0 Å². The minimum Gasteiger partial charge on any atom is -0.477 e. The largest absolute Gasteiger partial charge is 0.477 e. The Morgan fingerprint density at radius 3 is 2.93 bits per heavy atom. The fourth-order valence-electron chi connectivity index (χ4n) is 1.43. The van der Waals surface area contributed by atoms with Crippen LogP contribution in [0.25, 0.3) is 0 Å². The molecule has 1 saturated carbocycles. The van der Waals surface area contributed by atoms with Crippen LogP contribution in [0.5, 0.6) is 0 Å². The summed E-state index contributed by atoms with van der Waals surface area (Å²) >= 11 is 1.27. The molecule has 0 spiro atoms. The number of carbonyl (C=O) groups is 1. The maximum atomic E-state index is 10.8. The number of rotatable bonds is 5. The lowest BCUT2D eigenvalue weighted by Gasteiger charge is -1.98. The lowest BCUT2D eigenvalue weighted by Crippen LogP contribution is -2.15. The molecule has 0 bridgehead atoms. The van der Waals surface area contributed by atoms with Gasteiger partial charge in [-0.15, -0.1) is 11.3 Å². The molecule has 1 fully saturated rings. The zero-order chi connectivity index (χ0) is 10.8. The van der Waals surface area contributed by atoms with Crippen LogP contribution in [0, 0.1) is 12.8 Å². The van der Waals surface area contributed by atoms with Crippen LogP contribution in [-0.4, -0.2) is 22.6 Å². The molecule has 0 saturated heterocycles. The lowest BCUT2D eigenvalue weighted by atomic mass is 10.4. The number of nitrogens with one attached hydrogen (secondary N) is 1. The van der Waals surface area contributed by atoms with Gasteiger partial charge < -0.3 is 10.4 Å². The van der Waals surface area contributed by atoms with Crippen molar-refractivity contribution in [3.05, 3.63) is 15.6 Å². The Kier molecular flexibility index (Phi) is 3.02. The zero-order valence-electron chi connectivity index (χ0n) is 8.62. The molecule has 2 rings (SSSR count). The van der Waals surface area contributed by atoms with Crippen LogP contribution in [0.3, 0.4) is 0 Å². The van der Waals surface area contributed by atoms with Gasteiger partial charge in [0.2, 0.25) is 0 Å². The molecule has 15 heavy (non-hydrogen) atoms. The van der Waals surface area contributed by atoms with Gasteiger partial charge in [-0.3, -0.25) is 0 Å². The molecule has 0 unspecified atom stereocenters. The van der Waals surface area contributed by atoms with Crippen molar-refractivity contribution in [1.29, 1.82) is 0 Å². The molecule has 0 atom stereocenters. The fourth-order valence-corrected chi connectivity index (χ4v) is 2.30. The van der Waals surface area contributed by atoms with Crippen molar-refractivity contribution in [1.82, 2.24) is 10.3 Å². The van der Waals surface area contributed by atoms with Crippen molar-refractivity contribution >= 4 is 17.3 Å². The number of hydrogen-bond acceptors (Lipinski definition) is 4. The van der Waals surface area contributed by atoms with Gasteiger partial charge in [0.15, 0.2) is 0 Å². The summed E-state index contributed by atoms with van der Waals surface area (Å²) in [6, 6.07) is 0. The topological polar surface area (TPSA) is 62.2 Å². The molecule has 0 radical (unpaired) electrons. The maximum Gasteiger partial charge on any atom is 0.347 e. The number of hydrogen-bond donors (Lipinski definition) is 2. The van der Waals surface area contributed by atoms with Gasteiger partial charge in [0, 0.05) is 6.54 Å². The number of carboxylic acid groups (broad SMARTS) is 1. The molecular weight excluding hydrogens is 212 g/mol. The normalized spacial score (nSPS) is 15.5. The van der Waals surface area contributed by atoms with Gasteiger partial charge in [0.25, 0.3) is 0 Å². The van der Waals surface area contributed by atoms with Crippen molar-refractivity contribution in [3.8, 4) is 0 Å². The Morgan fingerprint density at radius 2 is 2.40 bits per heavy atom. The fraction of sp³-hybridized carbons (Fsp3) is 0.600. The van der Waals surface area contributed by atoms with Crippen molar-refractivity contribution in [3.63, 3.8) is 0 Å². The molecule has 0 aliphatic heterocycles. The van der Waals surface area contributed by atoms with E-state index in [9.17, 15) is 4.79 Å². The second-order valence-corrected chi connectivity index (χ2v) is 4.99. The molecule has 0 aromatic carbocycles. The third-order valence-electron chi connectivity index (χ3n) is 2.44. The quantitative estimate of drug-likeness (QED) is 0.801. The highest BCUT2D eigenvalue weighted by atomic mass is 32.1. The van der Waals surface area contributed by atoms with E-state index in [2.05, 4.69) is 10.3 Å². The highest BCUT2D eigenvalue weighted by Crippen LogP contribution is 2.27. The molecule has 1 aromatic rings. The Morgan fingerprint density at radius 1 is 1.67 bits per heavy atom. The van der Waals surface area contributed by atoms with Crippen LogP contribution in [-0.2, 0) is 6.54 Å². The van der Waals surface area contributed by atoms with Crippen LogP contribution in [0.1, 0.15) is 33.2 Å². The number of aromatic nitrogens is 1. The van der Waals surface area contributed by atoms with Crippen molar-refractivity contribution in [2.45, 2.75) is 26.3 Å². The third-order valence-corrected chi connectivity index (χ3v) is 3.59. The molecule has 4 nitrogen and oxygen atoms in total. The number of carboxylic acids is 1. The van der Waals surface area contributed by atoms with Crippen LogP contribution >= 0.6 is 11.3 Å². The zero-order valence-corrected chi connectivity index (χ0v) is 9.43. The van der Waals surface area contributed by atoms with E-state index in [4.69, 9.17) is 5.11 Å². The first-order chi connectivity index (χ1) is 7.16. The van der Waals surface area contributed by atoms with Gasteiger partial charge in [0.1, 0.15) is 9.88 Å². The van der Waals surface area contributed by atoms with Gasteiger partial charge in [-0.25, -0.2) is 9.78 Å². The Bertz CT molecular complexity index is 371. The number of aromatic carboxylic acids is 1. The maximum absolute atomic E-state index is 10.8. The van der Waals surface area contributed by atoms with E-state index in [1.54, 1.807) is 6.92 Å². The summed E-state index contributed by atoms with van der Waals surface area (Å²) in [5.74, 6) is -0.0385. The Hall–Kier alpha value is -0.940. The second-order valence-electron chi connectivity index (χ2n) is 3.90. The molecule has 1 heterocycles. The molecule has 1 aliphatic carbocycles. The average Bonchev–Trinajstić information content (AvgIpc) is 2.90. The second kappa shape index (κ2) is 4.28. The minimum atomic E-state index is -0.876. The molecule has 82 valence electrons. The van der Waals surface area contributed by atoms with E-state index in [-0.39, 0.29) is 0 Å². The summed E-state index contributed by atoms with van der Waals surface area (Å²) in [7, 11) is 0. The highest BCUT2D eigenvalue weighted by molar-refractivity contribution is 7.13. The van der Waals surface area contributed by atoms with Crippen molar-refractivity contribution in [2.24, 2.45) is 5.92 Å². The Labute approximate surface area is 92.3 Å². The van der Waals surface area contributed by atoms with Crippen LogP contribution in [0.4, 0.5) is 0 Å². The summed E-state index contributed by atoms with van der Waals surface area (Å²) in [6.45, 7) is 3.46. The predicted octanol–water partition coefficient (Wildman–Crippen LogP) is 1.65. The SMILES string of the molecule is Cc1nc(CNCC2CC2)sc1C(=O)O. The first kappa shape index (κ1) is 10.6. The molecule has 5 heteroatoms. The van der Waals surface area contributed by atoms with E-state index < -0.39 is 5.97 Å². The summed E-state index contributed by atoms with van der Waals surface area (Å²) in [6.07, 6.45) is 2.65. The van der Waals surface area contributed by atoms with Crippen LogP contribution < -0.4 is 5.32 Å². The predicted molar refractivity (Wildman–Crippen MR) is 58.2 cm³/mol. The molecular formula is C10H14N2O2S. The van der Waals surface area contributed by atoms with Crippen molar-refractivity contribution < 1.29 is 9.90 Å². The first-order valence-electron chi connectivity index (χ1n) is 5.07. The van der Waals surface area contributed by atoms with Gasteiger partial charge >= 0.3 is 5.97 Å². The number of nitrogens with zero attached hydrogens (tertiary/aromatic N) is 1. The van der Waals surface area contributed by atoms with Crippen LogP contribution in [0.2, 0.25) is 0 Å². The molecule has 0 amide bonds. The molecule has 2 N–H and O–H groups in total. The Balaban J connectivity index is 1.89. The monoisotopic (exact) mass is 226 g/mol. The molecule has 1 aromatic heterocycles. The van der Waals surface area contributed by atoms with E-state index in [0.717, 1.165) is 17.5 Å². The smallest absolute Gasteiger partial charge is 0.347 e. The summed E-state index contributed by atoms with van der Waals surface area (Å²) in [5, 5.41) is 13.0. The number of thiazole rings is 1. The van der Waals surface area contributed by atoms with Gasteiger partial charge in [0.05, 0.1) is 5.69 Å². The lowest BCUT2D eigenvalue weighted by molar-refractivity contribution is 0.0701. The minimum absolute atomic E-state index is 0.359. The third kappa shape index (κ3) is 2.76. The average molecular weight is 226 g/mol.